The van der Waals surface area contributed by atoms with E-state index in [1.807, 2.05) is 25.1 Å². The van der Waals surface area contributed by atoms with Crippen molar-refractivity contribution in [3.8, 4) is 11.1 Å². The first-order valence-electron chi connectivity index (χ1n) is 6.39. The Labute approximate surface area is 131 Å². The average molecular weight is 322 g/mol. The van der Waals surface area contributed by atoms with Crippen molar-refractivity contribution in [2.45, 2.75) is 11.8 Å². The van der Waals surface area contributed by atoms with E-state index < -0.39 is 5.82 Å². The summed E-state index contributed by atoms with van der Waals surface area (Å²) in [7, 11) is 1.79. The first-order valence-corrected chi connectivity index (χ1v) is 7.54. The van der Waals surface area contributed by atoms with Crippen LogP contribution in [0.2, 0.25) is 5.02 Å². The van der Waals surface area contributed by atoms with E-state index in [1.54, 1.807) is 13.1 Å². The summed E-state index contributed by atoms with van der Waals surface area (Å²) >= 11 is 7.52. The summed E-state index contributed by atoms with van der Waals surface area (Å²) in [5.74, 6) is 0.237. The summed E-state index contributed by atoms with van der Waals surface area (Å²) in [4.78, 5) is 0.990. The molecule has 0 aromatic heterocycles. The van der Waals surface area contributed by atoms with E-state index in [1.165, 1.54) is 18.0 Å². The zero-order valence-electron chi connectivity index (χ0n) is 11.5. The molecule has 2 aromatic carbocycles. The lowest BCUT2D eigenvalue weighted by Gasteiger charge is -2.21. The molecule has 0 fully saturated rings. The van der Waals surface area contributed by atoms with Crippen molar-refractivity contribution in [1.82, 2.24) is 5.32 Å². The first kappa shape index (κ1) is 14.2. The van der Waals surface area contributed by atoms with Crippen LogP contribution in [0.15, 0.2) is 39.6 Å². The SMILES string of the molecule is CNC1=NSc2cc(C)cc(-c3cccc(F)c3Cl)c2N1. The van der Waals surface area contributed by atoms with Crippen molar-refractivity contribution in [3.05, 3.63) is 46.7 Å². The van der Waals surface area contributed by atoms with E-state index in [9.17, 15) is 4.39 Å². The lowest BCUT2D eigenvalue weighted by molar-refractivity contribution is 0.629. The molecule has 0 aliphatic carbocycles. The fourth-order valence-corrected chi connectivity index (χ4v) is 3.27. The van der Waals surface area contributed by atoms with Crippen molar-refractivity contribution in [2.24, 2.45) is 4.40 Å². The maximum atomic E-state index is 13.7. The van der Waals surface area contributed by atoms with Gasteiger partial charge in [0.05, 0.1) is 15.6 Å². The molecule has 2 aromatic rings. The number of hydrogen-bond acceptors (Lipinski definition) is 4. The number of benzene rings is 2. The molecule has 0 unspecified atom stereocenters. The third-order valence-electron chi connectivity index (χ3n) is 3.20. The largest absolute Gasteiger partial charge is 0.358 e. The highest BCUT2D eigenvalue weighted by atomic mass is 35.5. The molecular weight excluding hydrogens is 309 g/mol. The van der Waals surface area contributed by atoms with Crippen LogP contribution in [0.3, 0.4) is 0 Å². The first-order chi connectivity index (χ1) is 10.1. The second kappa shape index (κ2) is 5.58. The summed E-state index contributed by atoms with van der Waals surface area (Å²) in [6, 6.07) is 8.87. The minimum Gasteiger partial charge on any atom is -0.358 e. The van der Waals surface area contributed by atoms with Gasteiger partial charge in [-0.25, -0.2) is 4.39 Å². The van der Waals surface area contributed by atoms with E-state index in [-0.39, 0.29) is 5.02 Å². The Bertz CT molecular complexity index is 746. The molecule has 2 N–H and O–H groups in total. The van der Waals surface area contributed by atoms with Gasteiger partial charge in [0.25, 0.3) is 0 Å². The highest BCUT2D eigenvalue weighted by Gasteiger charge is 2.19. The zero-order chi connectivity index (χ0) is 15.0. The number of hydrogen-bond donors (Lipinski definition) is 2. The van der Waals surface area contributed by atoms with Gasteiger partial charge in [0.1, 0.15) is 5.82 Å². The Kier molecular flexibility index (Phi) is 3.78. The summed E-state index contributed by atoms with van der Waals surface area (Å²) < 4.78 is 18.1. The maximum Gasteiger partial charge on any atom is 0.207 e. The van der Waals surface area contributed by atoms with Crippen molar-refractivity contribution in [1.29, 1.82) is 0 Å². The molecule has 3 nitrogen and oxygen atoms in total. The maximum absolute atomic E-state index is 13.7. The number of nitrogens with one attached hydrogen (secondary N) is 2. The number of nitrogens with zero attached hydrogens (tertiary/aromatic N) is 1. The van der Waals surface area contributed by atoms with Gasteiger partial charge in [-0.2, -0.15) is 4.40 Å². The predicted molar refractivity (Wildman–Crippen MR) is 87.6 cm³/mol. The summed E-state index contributed by atoms with van der Waals surface area (Å²) in [6.45, 7) is 1.99. The van der Waals surface area contributed by atoms with E-state index in [2.05, 4.69) is 15.0 Å². The predicted octanol–water partition coefficient (Wildman–Crippen LogP) is 4.46. The van der Waals surface area contributed by atoms with Gasteiger partial charge in [0.2, 0.25) is 5.96 Å². The molecule has 1 aliphatic heterocycles. The van der Waals surface area contributed by atoms with Gasteiger partial charge < -0.3 is 10.6 Å². The fourth-order valence-electron chi connectivity index (χ4n) is 2.22. The van der Waals surface area contributed by atoms with Crippen LogP contribution in [-0.4, -0.2) is 13.0 Å². The van der Waals surface area contributed by atoms with Crippen molar-refractivity contribution >= 4 is 35.2 Å². The number of guanidine groups is 1. The second-order valence-corrected chi connectivity index (χ2v) is 5.88. The molecule has 0 radical (unpaired) electrons. The van der Waals surface area contributed by atoms with Crippen molar-refractivity contribution < 1.29 is 4.39 Å². The Morgan fingerprint density at radius 1 is 1.29 bits per heavy atom. The average Bonchev–Trinajstić information content (AvgIpc) is 2.49. The Balaban J connectivity index is 2.20. The van der Waals surface area contributed by atoms with Gasteiger partial charge in [-0.3, -0.25) is 0 Å². The van der Waals surface area contributed by atoms with Crippen molar-refractivity contribution in [3.63, 3.8) is 0 Å². The van der Waals surface area contributed by atoms with Crippen LogP contribution in [-0.2, 0) is 0 Å². The lowest BCUT2D eigenvalue weighted by atomic mass is 10.0. The van der Waals surface area contributed by atoms with Crippen LogP contribution in [0.1, 0.15) is 5.56 Å². The normalized spacial score (nSPS) is 13.2. The number of fused-ring (bicyclic) bond motifs is 1. The third kappa shape index (κ3) is 2.59. The van der Waals surface area contributed by atoms with Gasteiger partial charge in [0.15, 0.2) is 0 Å². The summed E-state index contributed by atoms with van der Waals surface area (Å²) in [5, 5.41) is 6.33. The minimum absolute atomic E-state index is 0.130. The zero-order valence-corrected chi connectivity index (χ0v) is 13.1. The van der Waals surface area contributed by atoms with Gasteiger partial charge in [-0.1, -0.05) is 23.7 Å². The Morgan fingerprint density at radius 3 is 2.86 bits per heavy atom. The number of anilines is 1. The van der Waals surface area contributed by atoms with Crippen molar-refractivity contribution in [2.75, 3.05) is 12.4 Å². The summed E-state index contributed by atoms with van der Waals surface area (Å²) in [5.41, 5.74) is 3.49. The van der Waals surface area contributed by atoms with Gasteiger partial charge in [0, 0.05) is 30.1 Å². The molecule has 0 amide bonds. The quantitative estimate of drug-likeness (QED) is 0.761. The highest BCUT2D eigenvalue weighted by molar-refractivity contribution is 7.98. The number of rotatable bonds is 1. The topological polar surface area (TPSA) is 36.4 Å². The minimum atomic E-state index is -0.421. The molecular formula is C15H13ClFN3S. The van der Waals surface area contributed by atoms with Crippen LogP contribution in [0.25, 0.3) is 11.1 Å². The molecule has 0 saturated carbocycles. The standard InChI is InChI=1S/C15H13ClFN3S/c1-8-6-10(9-4-3-5-11(17)13(9)16)14-12(7-8)21-20-15(18-2)19-14/h3-7H,1-2H3,(H2,18,19,20). The van der Waals surface area contributed by atoms with E-state index >= 15 is 0 Å². The van der Waals surface area contributed by atoms with Crippen LogP contribution in [0, 0.1) is 12.7 Å². The van der Waals surface area contributed by atoms with E-state index in [4.69, 9.17) is 11.6 Å². The molecule has 0 atom stereocenters. The van der Waals surface area contributed by atoms with Gasteiger partial charge in [-0.15, -0.1) is 0 Å². The van der Waals surface area contributed by atoms with Crippen LogP contribution >= 0.6 is 23.5 Å². The molecule has 1 heterocycles. The highest BCUT2D eigenvalue weighted by Crippen LogP contribution is 2.42. The van der Waals surface area contributed by atoms with Crippen LogP contribution < -0.4 is 10.6 Å². The Morgan fingerprint density at radius 2 is 2.10 bits per heavy atom. The second-order valence-electron chi connectivity index (χ2n) is 4.69. The molecule has 108 valence electrons. The molecule has 6 heteroatoms. The molecule has 0 saturated heterocycles. The fraction of sp³-hybridized carbons (Fsp3) is 0.133. The smallest absolute Gasteiger partial charge is 0.207 e. The van der Waals surface area contributed by atoms with Gasteiger partial charge >= 0.3 is 0 Å². The van der Waals surface area contributed by atoms with Crippen LogP contribution in [0.5, 0.6) is 0 Å². The van der Waals surface area contributed by atoms with Crippen LogP contribution in [0.4, 0.5) is 10.1 Å². The molecule has 1 aliphatic rings. The van der Waals surface area contributed by atoms with Gasteiger partial charge in [-0.05, 0) is 30.7 Å². The molecule has 3 rings (SSSR count). The lowest BCUT2D eigenvalue weighted by Crippen LogP contribution is -2.28. The molecule has 21 heavy (non-hydrogen) atoms. The van der Waals surface area contributed by atoms with E-state index in [0.29, 0.717) is 11.5 Å². The number of aryl methyl sites for hydroxylation is 1. The Hall–Kier alpha value is -1.72. The monoisotopic (exact) mass is 321 g/mol. The summed E-state index contributed by atoms with van der Waals surface area (Å²) in [6.07, 6.45) is 0. The number of halogens is 2. The van der Waals surface area contributed by atoms with E-state index in [0.717, 1.165) is 21.7 Å². The third-order valence-corrected chi connectivity index (χ3v) is 4.38. The molecule has 0 bridgehead atoms. The molecule has 0 spiro atoms.